The van der Waals surface area contributed by atoms with Gasteiger partial charge < -0.3 is 19.5 Å². The van der Waals surface area contributed by atoms with E-state index in [4.69, 9.17) is 14.2 Å². The first kappa shape index (κ1) is 24.3. The van der Waals surface area contributed by atoms with Crippen LogP contribution in [0.4, 0.5) is 0 Å². The van der Waals surface area contributed by atoms with E-state index in [0.717, 1.165) is 34.9 Å². The first-order valence-electron chi connectivity index (χ1n) is 9.13. The largest absolute Gasteiger partial charge is 0.495 e. The van der Waals surface area contributed by atoms with Crippen molar-refractivity contribution in [3.8, 4) is 17.2 Å². The van der Waals surface area contributed by atoms with E-state index < -0.39 is 10.8 Å². The van der Waals surface area contributed by atoms with E-state index in [-0.39, 0.29) is 18.4 Å². The summed E-state index contributed by atoms with van der Waals surface area (Å²) in [5.41, 5.74) is 1.13. The van der Waals surface area contributed by atoms with Crippen molar-refractivity contribution < 1.29 is 18.4 Å². The third-order valence-electron chi connectivity index (χ3n) is 4.08. The summed E-state index contributed by atoms with van der Waals surface area (Å²) in [5, 5.41) is 3.46. The van der Waals surface area contributed by atoms with Gasteiger partial charge in [0, 0.05) is 18.8 Å². The van der Waals surface area contributed by atoms with Crippen molar-refractivity contribution in [3.63, 3.8) is 0 Å². The van der Waals surface area contributed by atoms with Gasteiger partial charge in [0.1, 0.15) is 12.4 Å². The Morgan fingerprint density at radius 2 is 1.75 bits per heavy atom. The van der Waals surface area contributed by atoms with E-state index in [1.165, 1.54) is 0 Å². The minimum absolute atomic E-state index is 0. The Balaban J connectivity index is 0.00000392. The smallest absolute Gasteiger partial charge is 0.161 e. The average molecular weight is 428 g/mol. The molecule has 2 atom stereocenters. The van der Waals surface area contributed by atoms with Crippen LogP contribution >= 0.6 is 12.4 Å². The van der Waals surface area contributed by atoms with Gasteiger partial charge in [-0.05, 0) is 50.1 Å². The number of halogens is 1. The summed E-state index contributed by atoms with van der Waals surface area (Å²) >= 11 is 0. The Morgan fingerprint density at radius 1 is 1.07 bits per heavy atom. The molecule has 0 amide bonds. The van der Waals surface area contributed by atoms with Gasteiger partial charge in [-0.25, -0.2) is 0 Å². The second-order valence-electron chi connectivity index (χ2n) is 6.23. The van der Waals surface area contributed by atoms with Gasteiger partial charge in [0.25, 0.3) is 0 Å². The van der Waals surface area contributed by atoms with Gasteiger partial charge in [-0.15, -0.1) is 12.4 Å². The lowest BCUT2D eigenvalue weighted by Crippen LogP contribution is -2.31. The SMILES string of the molecule is CCOc1ccccc1OCCNC(C)Cc1ccc(OC)c(S(C)=O)c1.Cl. The quantitative estimate of drug-likeness (QED) is 0.552. The van der Waals surface area contributed by atoms with Gasteiger partial charge in [0.2, 0.25) is 0 Å². The fraction of sp³-hybridized carbons (Fsp3) is 0.429. The molecule has 7 heteroatoms. The Kier molecular flexibility index (Phi) is 11.0. The van der Waals surface area contributed by atoms with Crippen molar-refractivity contribution in [1.82, 2.24) is 5.32 Å². The van der Waals surface area contributed by atoms with Crippen molar-refractivity contribution in [2.75, 3.05) is 33.1 Å². The molecule has 0 bridgehead atoms. The maximum Gasteiger partial charge on any atom is 0.161 e. The van der Waals surface area contributed by atoms with Gasteiger partial charge in [-0.3, -0.25) is 4.21 Å². The molecular formula is C21H30ClNO4S. The summed E-state index contributed by atoms with van der Waals surface area (Å²) in [6.45, 7) is 5.98. The third kappa shape index (κ3) is 7.34. The second-order valence-corrected chi connectivity index (χ2v) is 7.57. The van der Waals surface area contributed by atoms with Crippen molar-refractivity contribution in [2.45, 2.75) is 31.2 Å². The van der Waals surface area contributed by atoms with E-state index in [1.807, 2.05) is 49.4 Å². The zero-order valence-electron chi connectivity index (χ0n) is 16.9. The lowest BCUT2D eigenvalue weighted by molar-refractivity contribution is 0.272. The molecule has 0 fully saturated rings. The van der Waals surface area contributed by atoms with Gasteiger partial charge in [0.15, 0.2) is 11.5 Å². The molecule has 2 rings (SSSR count). The van der Waals surface area contributed by atoms with E-state index >= 15 is 0 Å². The van der Waals surface area contributed by atoms with Gasteiger partial charge >= 0.3 is 0 Å². The average Bonchev–Trinajstić information content (AvgIpc) is 2.66. The monoisotopic (exact) mass is 427 g/mol. The molecule has 2 aromatic carbocycles. The number of hydrogen-bond donors (Lipinski definition) is 1. The number of benzene rings is 2. The lowest BCUT2D eigenvalue weighted by atomic mass is 10.1. The highest BCUT2D eigenvalue weighted by Gasteiger charge is 2.10. The molecule has 156 valence electrons. The molecule has 28 heavy (non-hydrogen) atoms. The molecule has 2 aromatic rings. The van der Waals surface area contributed by atoms with Crippen LogP contribution in [-0.4, -0.2) is 43.4 Å². The summed E-state index contributed by atoms with van der Waals surface area (Å²) in [7, 11) is 0.522. The molecule has 1 N–H and O–H groups in total. The van der Waals surface area contributed by atoms with Crippen molar-refractivity contribution in [3.05, 3.63) is 48.0 Å². The maximum absolute atomic E-state index is 11.9. The Bertz CT molecular complexity index is 757. The normalized spacial score (nSPS) is 12.6. The van der Waals surface area contributed by atoms with Crippen LogP contribution in [0.1, 0.15) is 19.4 Å². The summed E-state index contributed by atoms with van der Waals surface area (Å²) < 4.78 is 28.5. The van der Waals surface area contributed by atoms with E-state index in [0.29, 0.717) is 19.0 Å². The zero-order valence-corrected chi connectivity index (χ0v) is 18.5. The van der Waals surface area contributed by atoms with Crippen LogP contribution in [-0.2, 0) is 17.2 Å². The Labute approximate surface area is 176 Å². The predicted octanol–water partition coefficient (Wildman–Crippen LogP) is 3.85. The van der Waals surface area contributed by atoms with Crippen LogP contribution in [0.5, 0.6) is 17.2 Å². The molecule has 0 heterocycles. The van der Waals surface area contributed by atoms with Crippen molar-refractivity contribution in [1.29, 1.82) is 0 Å². The molecule has 0 spiro atoms. The first-order valence-corrected chi connectivity index (χ1v) is 10.7. The summed E-state index contributed by atoms with van der Waals surface area (Å²) in [6.07, 6.45) is 2.50. The first-order chi connectivity index (χ1) is 13.0. The molecule has 0 saturated heterocycles. The van der Waals surface area contributed by atoms with Crippen LogP contribution < -0.4 is 19.5 Å². The second kappa shape index (κ2) is 12.6. The number of methoxy groups -OCH3 is 1. The van der Waals surface area contributed by atoms with Gasteiger partial charge in [0.05, 0.1) is 29.4 Å². The van der Waals surface area contributed by atoms with Crippen LogP contribution in [0.15, 0.2) is 47.4 Å². The third-order valence-corrected chi connectivity index (χ3v) is 5.02. The summed E-state index contributed by atoms with van der Waals surface area (Å²) in [5.74, 6) is 2.20. The zero-order chi connectivity index (χ0) is 19.6. The number of para-hydroxylation sites is 2. The molecule has 0 saturated carbocycles. The minimum atomic E-state index is -1.07. The number of hydrogen-bond acceptors (Lipinski definition) is 5. The van der Waals surface area contributed by atoms with Crippen molar-refractivity contribution in [2.24, 2.45) is 0 Å². The van der Waals surface area contributed by atoms with Crippen LogP contribution in [0, 0.1) is 0 Å². The van der Waals surface area contributed by atoms with E-state index in [9.17, 15) is 4.21 Å². The molecule has 0 aromatic heterocycles. The number of ether oxygens (including phenoxy) is 3. The number of nitrogens with one attached hydrogen (secondary N) is 1. The Hall–Kier alpha value is -1.76. The number of rotatable bonds is 11. The highest BCUT2D eigenvalue weighted by atomic mass is 35.5. The van der Waals surface area contributed by atoms with Crippen LogP contribution in [0.3, 0.4) is 0 Å². The fourth-order valence-corrected chi connectivity index (χ4v) is 3.56. The molecule has 0 aliphatic carbocycles. The van der Waals surface area contributed by atoms with E-state index in [2.05, 4.69) is 12.2 Å². The standard InChI is InChI=1S/C21H29NO4S.ClH/c1-5-25-18-8-6-7-9-19(18)26-13-12-22-16(2)14-17-10-11-20(24-3)21(15-17)27(4)23;/h6-11,15-16,22H,5,12-14H2,1-4H3;1H. The maximum atomic E-state index is 11.9. The molecule has 0 radical (unpaired) electrons. The predicted molar refractivity (Wildman–Crippen MR) is 117 cm³/mol. The molecular weight excluding hydrogens is 398 g/mol. The molecule has 0 aliphatic rings. The summed E-state index contributed by atoms with van der Waals surface area (Å²) in [6, 6.07) is 13.8. The van der Waals surface area contributed by atoms with Crippen LogP contribution in [0.2, 0.25) is 0 Å². The molecule has 5 nitrogen and oxygen atoms in total. The van der Waals surface area contributed by atoms with Gasteiger partial charge in [-0.2, -0.15) is 0 Å². The minimum Gasteiger partial charge on any atom is -0.495 e. The van der Waals surface area contributed by atoms with Crippen LogP contribution in [0.25, 0.3) is 0 Å². The summed E-state index contributed by atoms with van der Waals surface area (Å²) in [4.78, 5) is 0.734. The fourth-order valence-electron chi connectivity index (χ4n) is 2.81. The highest BCUT2D eigenvalue weighted by molar-refractivity contribution is 7.84. The molecule has 0 aliphatic heterocycles. The molecule has 2 unspecified atom stereocenters. The highest BCUT2D eigenvalue weighted by Crippen LogP contribution is 2.26. The van der Waals surface area contributed by atoms with E-state index in [1.54, 1.807) is 13.4 Å². The topological polar surface area (TPSA) is 56.8 Å². The van der Waals surface area contributed by atoms with Crippen molar-refractivity contribution >= 4 is 23.2 Å². The Morgan fingerprint density at radius 3 is 2.36 bits per heavy atom. The van der Waals surface area contributed by atoms with Gasteiger partial charge in [-0.1, -0.05) is 18.2 Å². The lowest BCUT2D eigenvalue weighted by Gasteiger charge is -2.16.